The fraction of sp³-hybridized carbons (Fsp3) is 0.800. The van der Waals surface area contributed by atoms with E-state index >= 15 is 0 Å². The molecule has 0 unspecified atom stereocenters. The van der Waals surface area contributed by atoms with Gasteiger partial charge in [-0.3, -0.25) is 9.69 Å². The van der Waals surface area contributed by atoms with Crippen LogP contribution >= 0.6 is 12.6 Å². The lowest BCUT2D eigenvalue weighted by Crippen LogP contribution is -2.51. The Labute approximate surface area is 99.9 Å². The number of hydrogen-bond acceptors (Lipinski definition) is 4. The van der Waals surface area contributed by atoms with Crippen molar-refractivity contribution >= 4 is 24.6 Å². The fourth-order valence-corrected chi connectivity index (χ4v) is 2.31. The van der Waals surface area contributed by atoms with Gasteiger partial charge in [-0.15, -0.1) is 0 Å². The SMILES string of the molecule is O=C1NC2(CCOCC2)C(=O)N1CCCS. The number of carbonyl (C=O) groups is 2. The van der Waals surface area contributed by atoms with Crippen LogP contribution in [0.1, 0.15) is 19.3 Å². The normalized spacial score (nSPS) is 23.9. The molecule has 90 valence electrons. The van der Waals surface area contributed by atoms with E-state index in [0.29, 0.717) is 38.4 Å². The molecule has 2 rings (SSSR count). The van der Waals surface area contributed by atoms with E-state index in [0.717, 1.165) is 6.42 Å². The van der Waals surface area contributed by atoms with Gasteiger partial charge < -0.3 is 10.1 Å². The molecule has 16 heavy (non-hydrogen) atoms. The Bertz CT molecular complexity index is 302. The van der Waals surface area contributed by atoms with Crippen LogP contribution in [0, 0.1) is 0 Å². The number of thiol groups is 1. The highest BCUT2D eigenvalue weighted by molar-refractivity contribution is 7.80. The van der Waals surface area contributed by atoms with Crippen LogP contribution in [0.25, 0.3) is 0 Å². The van der Waals surface area contributed by atoms with E-state index in [2.05, 4.69) is 17.9 Å². The van der Waals surface area contributed by atoms with Crippen LogP contribution in [0.3, 0.4) is 0 Å². The first kappa shape index (κ1) is 11.7. The Hall–Kier alpha value is -0.750. The largest absolute Gasteiger partial charge is 0.381 e. The van der Waals surface area contributed by atoms with Crippen molar-refractivity contribution in [1.29, 1.82) is 0 Å². The average Bonchev–Trinajstić information content (AvgIpc) is 2.50. The zero-order valence-electron chi connectivity index (χ0n) is 9.07. The van der Waals surface area contributed by atoms with Gasteiger partial charge in [0, 0.05) is 32.6 Å². The molecule has 0 aromatic carbocycles. The van der Waals surface area contributed by atoms with Crippen molar-refractivity contribution < 1.29 is 14.3 Å². The van der Waals surface area contributed by atoms with Gasteiger partial charge in [0.25, 0.3) is 5.91 Å². The second-order valence-corrected chi connectivity index (χ2v) is 4.61. The summed E-state index contributed by atoms with van der Waals surface area (Å²) < 4.78 is 5.22. The summed E-state index contributed by atoms with van der Waals surface area (Å²) >= 11 is 4.08. The number of hydrogen-bond donors (Lipinski definition) is 2. The molecule has 2 aliphatic rings. The van der Waals surface area contributed by atoms with Gasteiger partial charge in [0.15, 0.2) is 0 Å². The molecule has 2 fully saturated rings. The van der Waals surface area contributed by atoms with Crippen LogP contribution in [-0.4, -0.2) is 47.9 Å². The van der Waals surface area contributed by atoms with Crippen LogP contribution in [0.2, 0.25) is 0 Å². The number of ether oxygens (including phenoxy) is 1. The van der Waals surface area contributed by atoms with Crippen molar-refractivity contribution in [1.82, 2.24) is 10.2 Å². The fourth-order valence-electron chi connectivity index (χ4n) is 2.17. The number of rotatable bonds is 3. The summed E-state index contributed by atoms with van der Waals surface area (Å²) in [6.07, 6.45) is 1.89. The minimum atomic E-state index is -0.689. The third-order valence-corrected chi connectivity index (χ3v) is 3.45. The predicted molar refractivity (Wildman–Crippen MR) is 61.5 cm³/mol. The second kappa shape index (κ2) is 4.63. The van der Waals surface area contributed by atoms with Crippen LogP contribution < -0.4 is 5.32 Å². The Morgan fingerprint density at radius 3 is 2.69 bits per heavy atom. The summed E-state index contributed by atoms with van der Waals surface area (Å²) in [6.45, 7) is 1.52. The molecule has 2 aliphatic heterocycles. The van der Waals surface area contributed by atoms with E-state index in [1.54, 1.807) is 0 Å². The van der Waals surface area contributed by atoms with Gasteiger partial charge in [-0.25, -0.2) is 4.79 Å². The molecule has 1 N–H and O–H groups in total. The lowest BCUT2D eigenvalue weighted by Gasteiger charge is -2.30. The van der Waals surface area contributed by atoms with E-state index in [4.69, 9.17) is 4.74 Å². The molecule has 2 saturated heterocycles. The first-order valence-electron chi connectivity index (χ1n) is 5.52. The van der Waals surface area contributed by atoms with Gasteiger partial charge in [0.2, 0.25) is 0 Å². The summed E-state index contributed by atoms with van der Waals surface area (Å²) in [5.74, 6) is 0.579. The maximum Gasteiger partial charge on any atom is 0.325 e. The average molecular weight is 244 g/mol. The van der Waals surface area contributed by atoms with Gasteiger partial charge in [-0.2, -0.15) is 12.6 Å². The summed E-state index contributed by atoms with van der Waals surface area (Å²) in [5, 5.41) is 2.81. The highest BCUT2D eigenvalue weighted by Crippen LogP contribution is 2.28. The number of carbonyl (C=O) groups excluding carboxylic acids is 2. The topological polar surface area (TPSA) is 58.6 Å². The summed E-state index contributed by atoms with van der Waals surface area (Å²) in [6, 6.07) is -0.270. The highest BCUT2D eigenvalue weighted by Gasteiger charge is 2.51. The first-order chi connectivity index (χ1) is 7.69. The van der Waals surface area contributed by atoms with Gasteiger partial charge in [-0.05, 0) is 12.2 Å². The second-order valence-electron chi connectivity index (χ2n) is 4.16. The lowest BCUT2D eigenvalue weighted by atomic mass is 9.90. The zero-order valence-corrected chi connectivity index (χ0v) is 9.96. The quantitative estimate of drug-likeness (QED) is 0.558. The van der Waals surface area contributed by atoms with E-state index in [9.17, 15) is 9.59 Å². The summed E-state index contributed by atoms with van der Waals surface area (Å²) in [7, 11) is 0. The number of nitrogens with zero attached hydrogens (tertiary/aromatic N) is 1. The molecule has 5 nitrogen and oxygen atoms in total. The smallest absolute Gasteiger partial charge is 0.325 e. The van der Waals surface area contributed by atoms with Crippen molar-refractivity contribution in [3.8, 4) is 0 Å². The molecule has 2 heterocycles. The molecular weight excluding hydrogens is 228 g/mol. The highest BCUT2D eigenvalue weighted by atomic mass is 32.1. The molecule has 0 aromatic rings. The van der Waals surface area contributed by atoms with Crippen molar-refractivity contribution in [3.63, 3.8) is 0 Å². The molecule has 0 radical (unpaired) electrons. The molecule has 1 spiro atoms. The van der Waals surface area contributed by atoms with Crippen LogP contribution in [-0.2, 0) is 9.53 Å². The molecular formula is C10H16N2O3S. The van der Waals surface area contributed by atoms with Gasteiger partial charge >= 0.3 is 6.03 Å². The van der Waals surface area contributed by atoms with Gasteiger partial charge in [0.1, 0.15) is 5.54 Å². The maximum absolute atomic E-state index is 12.2. The molecule has 6 heteroatoms. The molecule has 0 aromatic heterocycles. The van der Waals surface area contributed by atoms with Gasteiger partial charge in [-0.1, -0.05) is 0 Å². The van der Waals surface area contributed by atoms with Crippen LogP contribution in [0.4, 0.5) is 4.79 Å². The number of amides is 3. The van der Waals surface area contributed by atoms with E-state index in [-0.39, 0.29) is 11.9 Å². The van der Waals surface area contributed by atoms with Crippen molar-refractivity contribution in [3.05, 3.63) is 0 Å². The van der Waals surface area contributed by atoms with Crippen molar-refractivity contribution in [2.75, 3.05) is 25.5 Å². The van der Waals surface area contributed by atoms with E-state index in [1.807, 2.05) is 0 Å². The molecule has 0 aliphatic carbocycles. The standard InChI is InChI=1S/C10H16N2O3S/c13-8-10(2-5-15-6-3-10)11-9(14)12(8)4-1-7-16/h16H,1-7H2,(H,11,14). The van der Waals surface area contributed by atoms with Crippen LogP contribution in [0.15, 0.2) is 0 Å². The van der Waals surface area contributed by atoms with Crippen molar-refractivity contribution in [2.45, 2.75) is 24.8 Å². The minimum absolute atomic E-state index is 0.0948. The number of imide groups is 1. The Balaban J connectivity index is 2.08. The third-order valence-electron chi connectivity index (χ3n) is 3.13. The first-order valence-corrected chi connectivity index (χ1v) is 6.15. The van der Waals surface area contributed by atoms with Gasteiger partial charge in [0.05, 0.1) is 0 Å². The minimum Gasteiger partial charge on any atom is -0.381 e. The maximum atomic E-state index is 12.2. The number of urea groups is 1. The van der Waals surface area contributed by atoms with E-state index < -0.39 is 5.54 Å². The summed E-state index contributed by atoms with van der Waals surface area (Å²) in [4.78, 5) is 25.2. The third kappa shape index (κ3) is 1.91. The zero-order chi connectivity index (χ0) is 11.6. The monoisotopic (exact) mass is 244 g/mol. The lowest BCUT2D eigenvalue weighted by molar-refractivity contribution is -0.134. The molecule has 0 bridgehead atoms. The van der Waals surface area contributed by atoms with Crippen molar-refractivity contribution in [2.24, 2.45) is 0 Å². The Morgan fingerprint density at radius 1 is 1.38 bits per heavy atom. The summed E-state index contributed by atoms with van der Waals surface area (Å²) in [5.41, 5.74) is -0.689. The molecule has 3 amide bonds. The Kier molecular flexibility index (Phi) is 3.39. The number of nitrogens with one attached hydrogen (secondary N) is 1. The molecule has 0 atom stereocenters. The predicted octanol–water partition coefficient (Wildman–Crippen LogP) is 0.407. The van der Waals surface area contributed by atoms with Crippen LogP contribution in [0.5, 0.6) is 0 Å². The molecule has 0 saturated carbocycles. The van der Waals surface area contributed by atoms with E-state index in [1.165, 1.54) is 4.90 Å². The Morgan fingerprint density at radius 2 is 2.06 bits per heavy atom.